The molecule has 104 valence electrons. The second-order valence-electron chi connectivity index (χ2n) is 4.78. The van der Waals surface area contributed by atoms with E-state index in [1.165, 1.54) is 0 Å². The van der Waals surface area contributed by atoms with Crippen LogP contribution in [0.25, 0.3) is 0 Å². The van der Waals surface area contributed by atoms with Crippen LogP contribution in [0.5, 0.6) is 0 Å². The molecule has 1 amide bonds. The highest BCUT2D eigenvalue weighted by Crippen LogP contribution is 2.24. The smallest absolute Gasteiger partial charge is 0.251 e. The van der Waals surface area contributed by atoms with Crippen molar-refractivity contribution in [2.24, 2.45) is 0 Å². The van der Waals surface area contributed by atoms with Gasteiger partial charge in [-0.1, -0.05) is 0 Å². The number of benzene rings is 1. The van der Waals surface area contributed by atoms with Crippen molar-refractivity contribution in [2.75, 3.05) is 24.2 Å². The van der Waals surface area contributed by atoms with Gasteiger partial charge in [-0.3, -0.25) is 4.79 Å². The predicted molar refractivity (Wildman–Crippen MR) is 76.3 cm³/mol. The highest BCUT2D eigenvalue weighted by atomic mass is 16.5. The lowest BCUT2D eigenvalue weighted by molar-refractivity contribution is 0.0956. The lowest BCUT2D eigenvalue weighted by Gasteiger charge is -2.19. The zero-order valence-electron chi connectivity index (χ0n) is 11.4. The summed E-state index contributed by atoms with van der Waals surface area (Å²) >= 11 is 0. The van der Waals surface area contributed by atoms with Gasteiger partial charge in [-0.05, 0) is 38.5 Å². The number of anilines is 2. The predicted octanol–water partition coefficient (Wildman–Crippen LogP) is 1.61. The van der Waals surface area contributed by atoms with Crippen LogP contribution < -0.4 is 16.4 Å². The Morgan fingerprint density at radius 1 is 1.53 bits per heavy atom. The SMILES string of the molecule is CCNC(=O)c1ccc(N)c(NC2CCOC2C)c1. The van der Waals surface area contributed by atoms with Crippen LogP contribution in [0.1, 0.15) is 30.6 Å². The van der Waals surface area contributed by atoms with Gasteiger partial charge in [-0.2, -0.15) is 0 Å². The molecule has 4 N–H and O–H groups in total. The Labute approximate surface area is 113 Å². The molecule has 1 aliphatic rings. The van der Waals surface area contributed by atoms with Crippen LogP contribution >= 0.6 is 0 Å². The molecule has 0 radical (unpaired) electrons. The first-order valence-corrected chi connectivity index (χ1v) is 6.67. The molecule has 0 aliphatic carbocycles. The number of nitrogens with two attached hydrogens (primary N) is 1. The van der Waals surface area contributed by atoms with Crippen molar-refractivity contribution in [2.45, 2.75) is 32.4 Å². The van der Waals surface area contributed by atoms with E-state index in [4.69, 9.17) is 10.5 Å². The summed E-state index contributed by atoms with van der Waals surface area (Å²) in [6, 6.07) is 5.53. The Morgan fingerprint density at radius 2 is 2.32 bits per heavy atom. The van der Waals surface area contributed by atoms with E-state index in [0.717, 1.165) is 18.7 Å². The van der Waals surface area contributed by atoms with Crippen molar-refractivity contribution in [3.63, 3.8) is 0 Å². The third-order valence-electron chi connectivity index (χ3n) is 3.37. The normalized spacial score (nSPS) is 22.2. The molecular formula is C14H21N3O2. The first-order chi connectivity index (χ1) is 9.11. The molecule has 1 saturated heterocycles. The van der Waals surface area contributed by atoms with Crippen molar-refractivity contribution in [1.82, 2.24) is 5.32 Å². The molecule has 19 heavy (non-hydrogen) atoms. The molecule has 1 aliphatic heterocycles. The molecule has 0 saturated carbocycles. The Bertz CT molecular complexity index is 462. The summed E-state index contributed by atoms with van der Waals surface area (Å²) in [6.45, 7) is 5.30. The van der Waals surface area contributed by atoms with Gasteiger partial charge in [0, 0.05) is 18.7 Å². The fraction of sp³-hybridized carbons (Fsp3) is 0.500. The summed E-state index contributed by atoms with van der Waals surface area (Å²) < 4.78 is 5.51. The maximum atomic E-state index is 11.8. The summed E-state index contributed by atoms with van der Waals surface area (Å²) in [7, 11) is 0. The summed E-state index contributed by atoms with van der Waals surface area (Å²) in [6.07, 6.45) is 1.11. The third-order valence-corrected chi connectivity index (χ3v) is 3.37. The maximum Gasteiger partial charge on any atom is 0.251 e. The molecule has 2 rings (SSSR count). The third kappa shape index (κ3) is 3.17. The van der Waals surface area contributed by atoms with Gasteiger partial charge in [0.2, 0.25) is 0 Å². The number of rotatable bonds is 4. The zero-order chi connectivity index (χ0) is 13.8. The Hall–Kier alpha value is -1.75. The molecule has 0 bridgehead atoms. The van der Waals surface area contributed by atoms with Gasteiger partial charge in [0.05, 0.1) is 23.5 Å². The van der Waals surface area contributed by atoms with Gasteiger partial charge < -0.3 is 21.1 Å². The summed E-state index contributed by atoms with van der Waals surface area (Å²) in [4.78, 5) is 11.8. The minimum Gasteiger partial charge on any atom is -0.397 e. The van der Waals surface area contributed by atoms with Crippen LogP contribution in [0, 0.1) is 0 Å². The Balaban J connectivity index is 2.15. The fourth-order valence-corrected chi connectivity index (χ4v) is 2.21. The van der Waals surface area contributed by atoms with Crippen LogP contribution in [0.15, 0.2) is 18.2 Å². The molecule has 1 aromatic carbocycles. The highest BCUT2D eigenvalue weighted by Gasteiger charge is 2.24. The Kier molecular flexibility index (Phi) is 4.27. The number of nitrogen functional groups attached to an aromatic ring is 1. The second-order valence-corrected chi connectivity index (χ2v) is 4.78. The average Bonchev–Trinajstić information content (AvgIpc) is 2.78. The largest absolute Gasteiger partial charge is 0.397 e. The van der Waals surface area contributed by atoms with Crippen LogP contribution in [0.3, 0.4) is 0 Å². The molecular weight excluding hydrogens is 242 g/mol. The maximum absolute atomic E-state index is 11.8. The van der Waals surface area contributed by atoms with E-state index in [1.54, 1.807) is 18.2 Å². The molecule has 1 aromatic rings. The average molecular weight is 263 g/mol. The highest BCUT2D eigenvalue weighted by molar-refractivity contribution is 5.96. The first-order valence-electron chi connectivity index (χ1n) is 6.67. The topological polar surface area (TPSA) is 76.4 Å². The zero-order valence-corrected chi connectivity index (χ0v) is 11.4. The second kappa shape index (κ2) is 5.93. The summed E-state index contributed by atoms with van der Waals surface area (Å²) in [5, 5.41) is 6.14. The Morgan fingerprint density at radius 3 is 2.95 bits per heavy atom. The molecule has 0 aromatic heterocycles. The van der Waals surface area contributed by atoms with Crippen LogP contribution in [0.4, 0.5) is 11.4 Å². The molecule has 0 spiro atoms. The first kappa shape index (κ1) is 13.7. The van der Waals surface area contributed by atoms with E-state index >= 15 is 0 Å². The number of ether oxygens (including phenoxy) is 1. The summed E-state index contributed by atoms with van der Waals surface area (Å²) in [5.41, 5.74) is 8.01. The number of hydrogen-bond donors (Lipinski definition) is 3. The van der Waals surface area contributed by atoms with Crippen LogP contribution in [-0.2, 0) is 4.74 Å². The van der Waals surface area contributed by atoms with Gasteiger partial charge in [0.1, 0.15) is 0 Å². The molecule has 1 heterocycles. The van der Waals surface area contributed by atoms with Crippen molar-refractivity contribution in [3.05, 3.63) is 23.8 Å². The van der Waals surface area contributed by atoms with Gasteiger partial charge in [0.15, 0.2) is 0 Å². The monoisotopic (exact) mass is 263 g/mol. The standard InChI is InChI=1S/C14H21N3O2/c1-3-16-14(18)10-4-5-11(15)13(8-10)17-12-6-7-19-9(12)2/h4-5,8-9,12,17H,3,6-7,15H2,1-2H3,(H,16,18). The van der Waals surface area contributed by atoms with E-state index in [0.29, 0.717) is 17.8 Å². The van der Waals surface area contributed by atoms with E-state index in [9.17, 15) is 4.79 Å². The minimum atomic E-state index is -0.0822. The molecule has 5 heteroatoms. The van der Waals surface area contributed by atoms with Gasteiger partial charge in [0.25, 0.3) is 5.91 Å². The van der Waals surface area contributed by atoms with Crippen molar-refractivity contribution < 1.29 is 9.53 Å². The number of amides is 1. The van der Waals surface area contributed by atoms with E-state index in [1.807, 2.05) is 13.8 Å². The number of hydrogen-bond acceptors (Lipinski definition) is 4. The number of nitrogens with one attached hydrogen (secondary N) is 2. The van der Waals surface area contributed by atoms with Gasteiger partial charge >= 0.3 is 0 Å². The molecule has 2 atom stereocenters. The number of carbonyl (C=O) groups is 1. The summed E-state index contributed by atoms with van der Waals surface area (Å²) in [5.74, 6) is -0.0822. The van der Waals surface area contributed by atoms with Gasteiger partial charge in [-0.25, -0.2) is 0 Å². The molecule has 5 nitrogen and oxygen atoms in total. The minimum absolute atomic E-state index is 0.0822. The fourth-order valence-electron chi connectivity index (χ4n) is 2.21. The van der Waals surface area contributed by atoms with Crippen molar-refractivity contribution in [1.29, 1.82) is 0 Å². The van der Waals surface area contributed by atoms with E-state index in [2.05, 4.69) is 10.6 Å². The van der Waals surface area contributed by atoms with E-state index in [-0.39, 0.29) is 18.1 Å². The lowest BCUT2D eigenvalue weighted by Crippen LogP contribution is -2.27. The van der Waals surface area contributed by atoms with Crippen LogP contribution in [-0.4, -0.2) is 31.2 Å². The van der Waals surface area contributed by atoms with Crippen molar-refractivity contribution >= 4 is 17.3 Å². The quantitative estimate of drug-likeness (QED) is 0.721. The lowest BCUT2D eigenvalue weighted by atomic mass is 10.1. The van der Waals surface area contributed by atoms with Crippen LogP contribution in [0.2, 0.25) is 0 Å². The molecule has 2 unspecified atom stereocenters. The number of carbonyl (C=O) groups excluding carboxylic acids is 1. The van der Waals surface area contributed by atoms with E-state index < -0.39 is 0 Å². The molecule has 1 fully saturated rings. The van der Waals surface area contributed by atoms with Crippen molar-refractivity contribution in [3.8, 4) is 0 Å². The van der Waals surface area contributed by atoms with Gasteiger partial charge in [-0.15, -0.1) is 0 Å².